The molecule has 2 aromatic rings. The Labute approximate surface area is 137 Å². The van der Waals surface area contributed by atoms with Crippen molar-refractivity contribution in [3.63, 3.8) is 0 Å². The number of hydrogen-bond donors (Lipinski definition) is 0. The zero-order chi connectivity index (χ0) is 17.0. The number of esters is 1. The van der Waals surface area contributed by atoms with Crippen LogP contribution < -0.4 is 4.74 Å². The lowest BCUT2D eigenvalue weighted by Gasteiger charge is -2.13. The number of methoxy groups -OCH3 is 1. The first-order chi connectivity index (χ1) is 10.9. The SMILES string of the molecule is COc1ccc(C(=O)[C@H](C)OC(=O)c2cc(Cl)ccc2F)cc1. The third-order valence-electron chi connectivity index (χ3n) is 3.18. The number of ketones is 1. The van der Waals surface area contributed by atoms with E-state index in [1.165, 1.54) is 20.1 Å². The van der Waals surface area contributed by atoms with Gasteiger partial charge in [-0.15, -0.1) is 0 Å². The highest BCUT2D eigenvalue weighted by Gasteiger charge is 2.22. The molecule has 0 amide bonds. The Kier molecular flexibility index (Phi) is 5.34. The zero-order valence-corrected chi connectivity index (χ0v) is 13.3. The van der Waals surface area contributed by atoms with Gasteiger partial charge < -0.3 is 9.47 Å². The molecule has 0 fully saturated rings. The van der Waals surface area contributed by atoms with Crippen LogP contribution in [0, 0.1) is 5.82 Å². The lowest BCUT2D eigenvalue weighted by Crippen LogP contribution is -2.24. The predicted molar refractivity (Wildman–Crippen MR) is 83.6 cm³/mol. The van der Waals surface area contributed by atoms with Gasteiger partial charge in [0, 0.05) is 10.6 Å². The van der Waals surface area contributed by atoms with E-state index >= 15 is 0 Å². The summed E-state index contributed by atoms with van der Waals surface area (Å²) in [5.74, 6) is -1.50. The fourth-order valence-electron chi connectivity index (χ4n) is 1.92. The molecule has 23 heavy (non-hydrogen) atoms. The zero-order valence-electron chi connectivity index (χ0n) is 12.5. The van der Waals surface area contributed by atoms with Crippen LogP contribution in [0.1, 0.15) is 27.6 Å². The molecule has 0 unspecified atom stereocenters. The van der Waals surface area contributed by atoms with Gasteiger partial charge in [-0.1, -0.05) is 11.6 Å². The van der Waals surface area contributed by atoms with Crippen LogP contribution in [0.3, 0.4) is 0 Å². The summed E-state index contributed by atoms with van der Waals surface area (Å²) in [7, 11) is 1.51. The van der Waals surface area contributed by atoms with Crippen molar-refractivity contribution in [1.29, 1.82) is 0 Å². The van der Waals surface area contributed by atoms with Crippen LogP contribution >= 0.6 is 11.6 Å². The molecule has 0 saturated heterocycles. The van der Waals surface area contributed by atoms with Gasteiger partial charge in [0.15, 0.2) is 6.10 Å². The van der Waals surface area contributed by atoms with E-state index in [2.05, 4.69) is 0 Å². The molecule has 0 aliphatic rings. The maximum atomic E-state index is 13.6. The molecule has 120 valence electrons. The average molecular weight is 337 g/mol. The molecule has 0 aliphatic heterocycles. The van der Waals surface area contributed by atoms with Gasteiger partial charge in [0.05, 0.1) is 12.7 Å². The third kappa shape index (κ3) is 4.07. The summed E-state index contributed by atoms with van der Waals surface area (Å²) in [5, 5.41) is 0.201. The molecule has 0 saturated carbocycles. The number of rotatable bonds is 5. The van der Waals surface area contributed by atoms with Crippen LogP contribution in [0.5, 0.6) is 5.75 Å². The second-order valence-electron chi connectivity index (χ2n) is 4.76. The van der Waals surface area contributed by atoms with E-state index in [0.29, 0.717) is 11.3 Å². The minimum absolute atomic E-state index is 0.201. The van der Waals surface area contributed by atoms with E-state index in [0.717, 1.165) is 12.1 Å². The fourth-order valence-corrected chi connectivity index (χ4v) is 2.09. The molecule has 2 rings (SSSR count). The summed E-state index contributed by atoms with van der Waals surface area (Å²) < 4.78 is 23.7. The monoisotopic (exact) mass is 336 g/mol. The number of ether oxygens (including phenoxy) is 2. The van der Waals surface area contributed by atoms with E-state index in [4.69, 9.17) is 21.1 Å². The summed E-state index contributed by atoms with van der Waals surface area (Å²) in [6, 6.07) is 9.91. The molecule has 2 aromatic carbocycles. The fraction of sp³-hybridized carbons (Fsp3) is 0.176. The van der Waals surface area contributed by atoms with Crippen LogP contribution in [-0.4, -0.2) is 25.0 Å². The van der Waals surface area contributed by atoms with Crippen LogP contribution in [0.4, 0.5) is 4.39 Å². The molecule has 0 N–H and O–H groups in total. The molecule has 1 atom stereocenters. The first-order valence-corrected chi connectivity index (χ1v) is 7.14. The predicted octanol–water partition coefficient (Wildman–Crippen LogP) is 3.92. The number of hydrogen-bond acceptors (Lipinski definition) is 4. The first kappa shape index (κ1) is 17.0. The lowest BCUT2D eigenvalue weighted by molar-refractivity contribution is 0.0314. The van der Waals surface area contributed by atoms with Gasteiger partial charge >= 0.3 is 5.97 Å². The van der Waals surface area contributed by atoms with Gasteiger partial charge in [-0.2, -0.15) is 0 Å². The smallest absolute Gasteiger partial charge is 0.341 e. The minimum Gasteiger partial charge on any atom is -0.497 e. The van der Waals surface area contributed by atoms with Crippen LogP contribution in [-0.2, 0) is 4.74 Å². The van der Waals surface area contributed by atoms with Crippen molar-refractivity contribution < 1.29 is 23.5 Å². The number of carbonyl (C=O) groups excluding carboxylic acids is 2. The Morgan fingerprint density at radius 1 is 1.13 bits per heavy atom. The molecular weight excluding hydrogens is 323 g/mol. The highest BCUT2D eigenvalue weighted by atomic mass is 35.5. The topological polar surface area (TPSA) is 52.6 Å². The van der Waals surface area contributed by atoms with Crippen molar-refractivity contribution in [2.24, 2.45) is 0 Å². The molecule has 0 aliphatic carbocycles. The van der Waals surface area contributed by atoms with Gasteiger partial charge in [0.1, 0.15) is 11.6 Å². The summed E-state index contributed by atoms with van der Waals surface area (Å²) >= 11 is 5.73. The van der Waals surface area contributed by atoms with Crippen molar-refractivity contribution in [2.45, 2.75) is 13.0 Å². The summed E-state index contributed by atoms with van der Waals surface area (Å²) in [6.07, 6.45) is -1.06. The van der Waals surface area contributed by atoms with E-state index in [1.54, 1.807) is 24.3 Å². The van der Waals surface area contributed by atoms with Crippen LogP contribution in [0.15, 0.2) is 42.5 Å². The second kappa shape index (κ2) is 7.24. The number of benzene rings is 2. The van der Waals surface area contributed by atoms with Crippen molar-refractivity contribution in [1.82, 2.24) is 0 Å². The van der Waals surface area contributed by atoms with Crippen molar-refractivity contribution >= 4 is 23.4 Å². The Morgan fingerprint density at radius 2 is 1.78 bits per heavy atom. The Bertz CT molecular complexity index is 728. The van der Waals surface area contributed by atoms with E-state index in [9.17, 15) is 14.0 Å². The van der Waals surface area contributed by atoms with Crippen LogP contribution in [0.25, 0.3) is 0 Å². The largest absolute Gasteiger partial charge is 0.497 e. The average Bonchev–Trinajstić information content (AvgIpc) is 2.56. The summed E-state index contributed by atoms with van der Waals surface area (Å²) in [6.45, 7) is 1.42. The number of carbonyl (C=O) groups is 2. The maximum absolute atomic E-state index is 13.6. The summed E-state index contributed by atoms with van der Waals surface area (Å²) in [4.78, 5) is 24.2. The Balaban J connectivity index is 2.10. The highest BCUT2D eigenvalue weighted by molar-refractivity contribution is 6.30. The quantitative estimate of drug-likeness (QED) is 0.613. The van der Waals surface area contributed by atoms with Gasteiger partial charge in [-0.05, 0) is 49.4 Å². The van der Waals surface area contributed by atoms with Crippen molar-refractivity contribution in [3.8, 4) is 5.75 Å². The van der Waals surface area contributed by atoms with Gasteiger partial charge in [-0.25, -0.2) is 9.18 Å². The van der Waals surface area contributed by atoms with Crippen LogP contribution in [0.2, 0.25) is 5.02 Å². The molecule has 4 nitrogen and oxygen atoms in total. The molecule has 0 aromatic heterocycles. The first-order valence-electron chi connectivity index (χ1n) is 6.76. The van der Waals surface area contributed by atoms with Gasteiger partial charge in [0.2, 0.25) is 5.78 Å². The van der Waals surface area contributed by atoms with Gasteiger partial charge in [0.25, 0.3) is 0 Å². The Morgan fingerprint density at radius 3 is 2.39 bits per heavy atom. The van der Waals surface area contributed by atoms with Crippen molar-refractivity contribution in [2.75, 3.05) is 7.11 Å². The maximum Gasteiger partial charge on any atom is 0.341 e. The molecule has 0 spiro atoms. The molecule has 6 heteroatoms. The standard InChI is InChI=1S/C17H14ClFO4/c1-10(16(20)11-3-6-13(22-2)7-4-11)23-17(21)14-9-12(18)5-8-15(14)19/h3-10H,1-2H3/t10-/m0/s1. The lowest BCUT2D eigenvalue weighted by atomic mass is 10.1. The number of Topliss-reactive ketones (excluding diaryl/α,β-unsaturated/α-hetero) is 1. The van der Waals surface area contributed by atoms with Gasteiger partial charge in [-0.3, -0.25) is 4.79 Å². The van der Waals surface area contributed by atoms with Crippen molar-refractivity contribution in [3.05, 3.63) is 64.4 Å². The third-order valence-corrected chi connectivity index (χ3v) is 3.41. The molecular formula is C17H14ClFO4. The normalized spacial score (nSPS) is 11.7. The Hall–Kier alpha value is -2.40. The number of halogens is 2. The van der Waals surface area contributed by atoms with E-state index in [-0.39, 0.29) is 10.6 Å². The molecule has 0 heterocycles. The minimum atomic E-state index is -1.06. The summed E-state index contributed by atoms with van der Waals surface area (Å²) in [5.41, 5.74) is 0.0459. The van der Waals surface area contributed by atoms with E-state index < -0.39 is 23.7 Å². The highest BCUT2D eigenvalue weighted by Crippen LogP contribution is 2.18. The van der Waals surface area contributed by atoms with E-state index in [1.807, 2.05) is 0 Å². The second-order valence-corrected chi connectivity index (χ2v) is 5.20. The molecule has 0 bridgehead atoms. The molecule has 0 radical (unpaired) electrons.